The quantitative estimate of drug-likeness (QED) is 0.862. The van der Waals surface area contributed by atoms with E-state index in [1.807, 2.05) is 6.07 Å². The summed E-state index contributed by atoms with van der Waals surface area (Å²) in [5, 5.41) is 12.4. The number of nitrogens with one attached hydrogen (secondary N) is 1. The molecule has 1 rings (SSSR count). The van der Waals surface area contributed by atoms with Gasteiger partial charge in [0.25, 0.3) is 0 Å². The van der Waals surface area contributed by atoms with Gasteiger partial charge in [0.15, 0.2) is 0 Å². The first-order valence-electron chi connectivity index (χ1n) is 5.28. The third-order valence-corrected chi connectivity index (χ3v) is 3.11. The van der Waals surface area contributed by atoms with E-state index in [1.165, 1.54) is 5.56 Å². The van der Waals surface area contributed by atoms with Crippen molar-refractivity contribution in [2.24, 2.45) is 5.92 Å². The van der Waals surface area contributed by atoms with Gasteiger partial charge in [-0.1, -0.05) is 28.9 Å². The van der Waals surface area contributed by atoms with Gasteiger partial charge in [-0.15, -0.1) is 0 Å². The fourth-order valence-corrected chi connectivity index (χ4v) is 1.74. The van der Waals surface area contributed by atoms with Crippen LogP contribution in [0.15, 0.2) is 22.7 Å². The monoisotopic (exact) mass is 271 g/mol. The normalized spacial score (nSPS) is 12.5. The molecule has 84 valence electrons. The van der Waals surface area contributed by atoms with Crippen LogP contribution in [0.25, 0.3) is 0 Å². The maximum Gasteiger partial charge on any atom is 0.0475 e. The van der Waals surface area contributed by atoms with Gasteiger partial charge in [0.2, 0.25) is 0 Å². The first kappa shape index (κ1) is 12.5. The Bertz CT molecular complexity index is 310. The molecule has 0 heterocycles. The van der Waals surface area contributed by atoms with Crippen molar-refractivity contribution in [2.45, 2.75) is 20.3 Å². The molecule has 1 atom stereocenters. The zero-order valence-corrected chi connectivity index (χ0v) is 10.8. The van der Waals surface area contributed by atoms with Crippen LogP contribution in [0.2, 0.25) is 0 Å². The second kappa shape index (κ2) is 6.13. The van der Waals surface area contributed by atoms with Gasteiger partial charge in [-0.3, -0.25) is 0 Å². The summed E-state index contributed by atoms with van der Waals surface area (Å²) < 4.78 is 1.08. The molecule has 0 saturated carbocycles. The zero-order chi connectivity index (χ0) is 11.3. The fraction of sp³-hybridized carbons (Fsp3) is 0.500. The first-order valence-corrected chi connectivity index (χ1v) is 6.07. The summed E-state index contributed by atoms with van der Waals surface area (Å²) >= 11 is 3.45. The smallest absolute Gasteiger partial charge is 0.0475 e. The number of halogens is 1. The molecule has 0 amide bonds. The molecule has 2 N–H and O–H groups in total. The molecule has 0 saturated heterocycles. The maximum absolute atomic E-state index is 9.08. The fourth-order valence-electron chi connectivity index (χ4n) is 1.38. The van der Waals surface area contributed by atoms with Gasteiger partial charge in [0.1, 0.15) is 0 Å². The Balaban J connectivity index is 2.60. The first-order chi connectivity index (χ1) is 7.17. The van der Waals surface area contributed by atoms with Crippen LogP contribution < -0.4 is 5.32 Å². The molecule has 0 aliphatic carbocycles. The highest BCUT2D eigenvalue weighted by atomic mass is 79.9. The summed E-state index contributed by atoms with van der Waals surface area (Å²) in [5.41, 5.74) is 2.36. The number of hydrogen-bond acceptors (Lipinski definition) is 2. The van der Waals surface area contributed by atoms with Crippen LogP contribution in [-0.2, 0) is 0 Å². The van der Waals surface area contributed by atoms with Gasteiger partial charge < -0.3 is 10.4 Å². The van der Waals surface area contributed by atoms with Crippen LogP contribution in [0.5, 0.6) is 0 Å². The molecular weight excluding hydrogens is 254 g/mol. The molecule has 0 aliphatic rings. The summed E-state index contributed by atoms with van der Waals surface area (Å²) in [7, 11) is 0. The van der Waals surface area contributed by atoms with E-state index in [-0.39, 0.29) is 6.61 Å². The molecular formula is C12H18BrNO. The summed E-state index contributed by atoms with van der Waals surface area (Å²) in [6, 6.07) is 6.18. The van der Waals surface area contributed by atoms with Crippen LogP contribution in [0.3, 0.4) is 0 Å². The standard InChI is InChI=1S/C12H18BrNO/c1-3-10(8-15)7-14-12-6-11(13)5-4-9(12)2/h4-6,10,14-15H,3,7-8H2,1-2H3. The van der Waals surface area contributed by atoms with Crippen LogP contribution in [-0.4, -0.2) is 18.3 Å². The van der Waals surface area contributed by atoms with Gasteiger partial charge >= 0.3 is 0 Å². The summed E-state index contributed by atoms with van der Waals surface area (Å²) in [6.45, 7) is 5.24. The second-order valence-electron chi connectivity index (χ2n) is 3.80. The van der Waals surface area contributed by atoms with E-state index >= 15 is 0 Å². The van der Waals surface area contributed by atoms with E-state index in [0.29, 0.717) is 5.92 Å². The zero-order valence-electron chi connectivity index (χ0n) is 9.26. The van der Waals surface area contributed by atoms with E-state index in [1.54, 1.807) is 0 Å². The molecule has 1 aromatic carbocycles. The maximum atomic E-state index is 9.08. The lowest BCUT2D eigenvalue weighted by Crippen LogP contribution is -2.17. The molecule has 0 radical (unpaired) electrons. The third kappa shape index (κ3) is 3.84. The molecule has 3 heteroatoms. The van der Waals surface area contributed by atoms with Gasteiger partial charge in [0.05, 0.1) is 0 Å². The number of aliphatic hydroxyl groups is 1. The highest BCUT2D eigenvalue weighted by Crippen LogP contribution is 2.21. The molecule has 1 unspecified atom stereocenters. The molecule has 0 bridgehead atoms. The lowest BCUT2D eigenvalue weighted by molar-refractivity contribution is 0.230. The van der Waals surface area contributed by atoms with Crippen molar-refractivity contribution in [3.63, 3.8) is 0 Å². The number of benzene rings is 1. The van der Waals surface area contributed by atoms with Gasteiger partial charge in [0, 0.05) is 23.3 Å². The SMILES string of the molecule is CCC(CO)CNc1cc(Br)ccc1C. The van der Waals surface area contributed by atoms with Crippen molar-refractivity contribution >= 4 is 21.6 Å². The van der Waals surface area contributed by atoms with Crippen molar-refractivity contribution in [1.82, 2.24) is 0 Å². The van der Waals surface area contributed by atoms with Gasteiger partial charge in [-0.25, -0.2) is 0 Å². The number of hydrogen-bond donors (Lipinski definition) is 2. The topological polar surface area (TPSA) is 32.3 Å². The minimum atomic E-state index is 0.247. The minimum Gasteiger partial charge on any atom is -0.396 e. The minimum absolute atomic E-state index is 0.247. The number of aryl methyl sites for hydroxylation is 1. The molecule has 2 nitrogen and oxygen atoms in total. The Morgan fingerprint density at radius 3 is 2.80 bits per heavy atom. The van der Waals surface area contributed by atoms with E-state index in [4.69, 9.17) is 5.11 Å². The third-order valence-electron chi connectivity index (χ3n) is 2.62. The van der Waals surface area contributed by atoms with E-state index in [9.17, 15) is 0 Å². The second-order valence-corrected chi connectivity index (χ2v) is 4.71. The summed E-state index contributed by atoms with van der Waals surface area (Å²) in [5.74, 6) is 0.336. The Hall–Kier alpha value is -0.540. The van der Waals surface area contributed by atoms with Gasteiger partial charge in [-0.2, -0.15) is 0 Å². The largest absolute Gasteiger partial charge is 0.396 e. The average molecular weight is 272 g/mol. The lowest BCUT2D eigenvalue weighted by Gasteiger charge is -2.15. The van der Waals surface area contributed by atoms with E-state index in [0.717, 1.165) is 23.1 Å². The highest BCUT2D eigenvalue weighted by molar-refractivity contribution is 9.10. The number of anilines is 1. The summed E-state index contributed by atoms with van der Waals surface area (Å²) in [4.78, 5) is 0. The molecule has 1 aromatic rings. The van der Waals surface area contributed by atoms with Gasteiger partial charge in [-0.05, 0) is 37.0 Å². The lowest BCUT2D eigenvalue weighted by atomic mass is 10.1. The summed E-state index contributed by atoms with van der Waals surface area (Å²) in [6.07, 6.45) is 0.997. The van der Waals surface area contributed by atoms with Crippen molar-refractivity contribution in [2.75, 3.05) is 18.5 Å². The predicted molar refractivity (Wildman–Crippen MR) is 68.2 cm³/mol. The van der Waals surface area contributed by atoms with E-state index < -0.39 is 0 Å². The van der Waals surface area contributed by atoms with Crippen molar-refractivity contribution in [3.8, 4) is 0 Å². The Morgan fingerprint density at radius 2 is 2.20 bits per heavy atom. The van der Waals surface area contributed by atoms with Crippen LogP contribution in [0, 0.1) is 12.8 Å². The molecule has 0 fully saturated rings. The highest BCUT2D eigenvalue weighted by Gasteiger charge is 2.05. The van der Waals surface area contributed by atoms with Crippen molar-refractivity contribution in [3.05, 3.63) is 28.2 Å². The average Bonchev–Trinajstić information content (AvgIpc) is 2.24. The van der Waals surface area contributed by atoms with Crippen LogP contribution in [0.1, 0.15) is 18.9 Å². The Morgan fingerprint density at radius 1 is 1.47 bits per heavy atom. The Labute approximate surface area is 99.8 Å². The van der Waals surface area contributed by atoms with E-state index in [2.05, 4.69) is 47.2 Å². The molecule has 0 spiro atoms. The number of rotatable bonds is 5. The molecule has 0 aromatic heterocycles. The number of aliphatic hydroxyl groups excluding tert-OH is 1. The van der Waals surface area contributed by atoms with Crippen molar-refractivity contribution in [1.29, 1.82) is 0 Å². The van der Waals surface area contributed by atoms with Crippen LogP contribution >= 0.6 is 15.9 Å². The molecule has 15 heavy (non-hydrogen) atoms. The Kier molecular flexibility index (Phi) is 5.12. The predicted octanol–water partition coefficient (Wildman–Crippen LogP) is 3.19. The molecule has 0 aliphatic heterocycles. The van der Waals surface area contributed by atoms with Crippen molar-refractivity contribution < 1.29 is 5.11 Å². The van der Waals surface area contributed by atoms with Crippen LogP contribution in [0.4, 0.5) is 5.69 Å².